The SMILES string of the molecule is Cc1cccc(Cn2nnc(-c3cnn(-c4ccccc4Cl)c3)n2)c1. The first kappa shape index (κ1) is 15.5. The van der Waals surface area contributed by atoms with Crippen molar-refractivity contribution in [1.29, 1.82) is 0 Å². The molecule has 2 aromatic heterocycles. The van der Waals surface area contributed by atoms with Crippen LogP contribution in [-0.2, 0) is 6.54 Å². The number of tetrazole rings is 1. The second-order valence-corrected chi connectivity index (χ2v) is 6.16. The fraction of sp³-hybridized carbons (Fsp3) is 0.111. The van der Waals surface area contributed by atoms with E-state index >= 15 is 0 Å². The first-order chi connectivity index (χ1) is 12.2. The van der Waals surface area contributed by atoms with E-state index in [-0.39, 0.29) is 0 Å². The molecule has 0 unspecified atom stereocenters. The maximum absolute atomic E-state index is 6.21. The normalized spacial score (nSPS) is 11.0. The second-order valence-electron chi connectivity index (χ2n) is 5.76. The molecule has 0 aliphatic heterocycles. The van der Waals surface area contributed by atoms with Gasteiger partial charge in [0.05, 0.1) is 29.0 Å². The molecule has 0 aliphatic carbocycles. The van der Waals surface area contributed by atoms with Gasteiger partial charge in [-0.15, -0.1) is 10.2 Å². The first-order valence-corrected chi connectivity index (χ1v) is 8.20. The van der Waals surface area contributed by atoms with Crippen LogP contribution in [0.15, 0.2) is 60.9 Å². The van der Waals surface area contributed by atoms with E-state index in [1.165, 1.54) is 5.56 Å². The largest absolute Gasteiger partial charge is 0.239 e. The summed E-state index contributed by atoms with van der Waals surface area (Å²) in [6.07, 6.45) is 3.55. The van der Waals surface area contributed by atoms with E-state index in [0.717, 1.165) is 16.8 Å². The lowest BCUT2D eigenvalue weighted by atomic mass is 10.1. The molecular formula is C18H15ClN6. The number of hydrogen-bond donors (Lipinski definition) is 0. The standard InChI is InChI=1S/C18H15ClN6/c1-13-5-4-6-14(9-13)11-25-22-18(21-23-25)15-10-20-24(12-15)17-8-3-2-7-16(17)19/h2-10,12H,11H2,1H3. The second kappa shape index (κ2) is 6.49. The lowest BCUT2D eigenvalue weighted by Crippen LogP contribution is -2.04. The molecule has 25 heavy (non-hydrogen) atoms. The van der Waals surface area contributed by atoms with Gasteiger partial charge in [-0.05, 0) is 29.8 Å². The van der Waals surface area contributed by atoms with Gasteiger partial charge in [0.1, 0.15) is 0 Å². The third kappa shape index (κ3) is 3.29. The summed E-state index contributed by atoms with van der Waals surface area (Å²) in [4.78, 5) is 1.58. The maximum Gasteiger partial charge on any atom is 0.208 e. The Kier molecular flexibility index (Phi) is 4.03. The molecule has 0 saturated carbocycles. The van der Waals surface area contributed by atoms with E-state index in [2.05, 4.69) is 39.6 Å². The van der Waals surface area contributed by atoms with Crippen molar-refractivity contribution in [2.45, 2.75) is 13.5 Å². The Morgan fingerprint density at radius 3 is 2.80 bits per heavy atom. The van der Waals surface area contributed by atoms with E-state index < -0.39 is 0 Å². The van der Waals surface area contributed by atoms with Gasteiger partial charge in [0, 0.05) is 6.20 Å². The van der Waals surface area contributed by atoms with Crippen LogP contribution in [-0.4, -0.2) is 30.0 Å². The highest BCUT2D eigenvalue weighted by Gasteiger charge is 2.11. The highest BCUT2D eigenvalue weighted by molar-refractivity contribution is 6.32. The van der Waals surface area contributed by atoms with Crippen molar-refractivity contribution >= 4 is 11.6 Å². The minimum atomic E-state index is 0.533. The van der Waals surface area contributed by atoms with Crippen LogP contribution in [0.5, 0.6) is 0 Å². The van der Waals surface area contributed by atoms with E-state index in [4.69, 9.17) is 11.6 Å². The Balaban J connectivity index is 1.58. The molecule has 6 nitrogen and oxygen atoms in total. The van der Waals surface area contributed by atoms with E-state index in [1.54, 1.807) is 15.7 Å². The van der Waals surface area contributed by atoms with Crippen LogP contribution in [0.1, 0.15) is 11.1 Å². The predicted octanol–water partition coefficient (Wildman–Crippen LogP) is 3.54. The molecule has 2 aromatic carbocycles. The molecule has 0 radical (unpaired) electrons. The lowest BCUT2D eigenvalue weighted by Gasteiger charge is -2.02. The van der Waals surface area contributed by atoms with E-state index in [0.29, 0.717) is 17.4 Å². The molecule has 0 N–H and O–H groups in total. The van der Waals surface area contributed by atoms with Crippen molar-refractivity contribution in [3.63, 3.8) is 0 Å². The highest BCUT2D eigenvalue weighted by atomic mass is 35.5. The van der Waals surface area contributed by atoms with Crippen molar-refractivity contribution in [2.24, 2.45) is 0 Å². The Morgan fingerprint density at radius 2 is 1.96 bits per heavy atom. The molecule has 4 rings (SSSR count). The van der Waals surface area contributed by atoms with Crippen LogP contribution in [0.3, 0.4) is 0 Å². The topological polar surface area (TPSA) is 61.4 Å². The molecule has 7 heteroatoms. The van der Waals surface area contributed by atoms with Gasteiger partial charge in [0.25, 0.3) is 0 Å². The summed E-state index contributed by atoms with van der Waals surface area (Å²) in [5.74, 6) is 0.533. The summed E-state index contributed by atoms with van der Waals surface area (Å²) >= 11 is 6.21. The predicted molar refractivity (Wildman–Crippen MR) is 95.7 cm³/mol. The molecular weight excluding hydrogens is 336 g/mol. The molecule has 0 saturated heterocycles. The molecule has 0 spiro atoms. The van der Waals surface area contributed by atoms with Crippen molar-refractivity contribution in [2.75, 3.05) is 0 Å². The van der Waals surface area contributed by atoms with Gasteiger partial charge >= 0.3 is 0 Å². The van der Waals surface area contributed by atoms with Crippen molar-refractivity contribution in [3.05, 3.63) is 77.1 Å². The summed E-state index contributed by atoms with van der Waals surface area (Å²) in [6.45, 7) is 2.64. The number of benzene rings is 2. The fourth-order valence-electron chi connectivity index (χ4n) is 2.61. The Bertz CT molecular complexity index is 1020. The van der Waals surface area contributed by atoms with Gasteiger partial charge in [0.2, 0.25) is 5.82 Å². The third-order valence-corrected chi connectivity index (χ3v) is 4.12. The molecule has 0 atom stereocenters. The van der Waals surface area contributed by atoms with Gasteiger partial charge in [-0.2, -0.15) is 9.90 Å². The summed E-state index contributed by atoms with van der Waals surface area (Å²) < 4.78 is 1.71. The van der Waals surface area contributed by atoms with Crippen LogP contribution in [0.25, 0.3) is 17.1 Å². The zero-order chi connectivity index (χ0) is 17.2. The van der Waals surface area contributed by atoms with Crippen molar-refractivity contribution < 1.29 is 0 Å². The summed E-state index contributed by atoms with van der Waals surface area (Å²) in [6, 6.07) is 15.8. The zero-order valence-electron chi connectivity index (χ0n) is 13.5. The number of para-hydroxylation sites is 1. The number of halogens is 1. The highest BCUT2D eigenvalue weighted by Crippen LogP contribution is 2.21. The van der Waals surface area contributed by atoms with Gasteiger partial charge in [-0.1, -0.05) is 53.6 Å². The van der Waals surface area contributed by atoms with Gasteiger partial charge < -0.3 is 0 Å². The summed E-state index contributed by atoms with van der Waals surface area (Å²) in [5.41, 5.74) is 3.94. The molecule has 2 heterocycles. The van der Waals surface area contributed by atoms with Crippen LogP contribution >= 0.6 is 11.6 Å². The molecule has 4 aromatic rings. The molecule has 0 aliphatic rings. The molecule has 0 amide bonds. The van der Waals surface area contributed by atoms with Crippen LogP contribution in [0, 0.1) is 6.92 Å². The Hall–Kier alpha value is -2.99. The monoisotopic (exact) mass is 350 g/mol. The van der Waals surface area contributed by atoms with Crippen LogP contribution in [0.2, 0.25) is 5.02 Å². The van der Waals surface area contributed by atoms with Crippen molar-refractivity contribution in [1.82, 2.24) is 30.0 Å². The van der Waals surface area contributed by atoms with Crippen molar-refractivity contribution in [3.8, 4) is 17.1 Å². The van der Waals surface area contributed by atoms with Gasteiger partial charge in [0.15, 0.2) is 0 Å². The average molecular weight is 351 g/mol. The number of nitrogens with zero attached hydrogens (tertiary/aromatic N) is 6. The third-order valence-electron chi connectivity index (χ3n) is 3.80. The lowest BCUT2D eigenvalue weighted by molar-refractivity contribution is 0.572. The smallest absolute Gasteiger partial charge is 0.208 e. The molecule has 0 bridgehead atoms. The molecule has 0 fully saturated rings. The summed E-state index contributed by atoms with van der Waals surface area (Å²) in [7, 11) is 0. The quantitative estimate of drug-likeness (QED) is 0.565. The first-order valence-electron chi connectivity index (χ1n) is 7.82. The fourth-order valence-corrected chi connectivity index (χ4v) is 2.83. The maximum atomic E-state index is 6.21. The molecule has 124 valence electrons. The van der Waals surface area contributed by atoms with E-state index in [9.17, 15) is 0 Å². The zero-order valence-corrected chi connectivity index (χ0v) is 14.3. The number of aryl methyl sites for hydroxylation is 1. The Morgan fingerprint density at radius 1 is 1.08 bits per heavy atom. The number of hydrogen-bond acceptors (Lipinski definition) is 4. The number of rotatable bonds is 4. The summed E-state index contributed by atoms with van der Waals surface area (Å²) in [5, 5.41) is 17.7. The minimum Gasteiger partial charge on any atom is -0.239 e. The average Bonchev–Trinajstić information content (AvgIpc) is 3.24. The Labute approximate surface area is 149 Å². The van der Waals surface area contributed by atoms with Gasteiger partial charge in [-0.3, -0.25) is 0 Å². The van der Waals surface area contributed by atoms with Crippen LogP contribution < -0.4 is 0 Å². The minimum absolute atomic E-state index is 0.533. The van der Waals surface area contributed by atoms with Crippen LogP contribution in [0.4, 0.5) is 0 Å². The number of aromatic nitrogens is 6. The van der Waals surface area contributed by atoms with Gasteiger partial charge in [-0.25, -0.2) is 4.68 Å². The van der Waals surface area contributed by atoms with E-state index in [1.807, 2.05) is 42.6 Å².